The molecule has 0 saturated carbocycles. The van der Waals surface area contributed by atoms with Crippen LogP contribution in [0, 0.1) is 12.3 Å². The Kier molecular flexibility index (Phi) is 4.80. The quantitative estimate of drug-likeness (QED) is 0.779. The summed E-state index contributed by atoms with van der Waals surface area (Å²) in [6, 6.07) is 6.60. The fraction of sp³-hybridized carbons (Fsp3) is 0.571. The Morgan fingerprint density at radius 3 is 2.35 bits per heavy atom. The first-order chi connectivity index (χ1) is 9.47. The first-order valence-corrected chi connectivity index (χ1v) is 8.00. The highest BCUT2D eigenvalue weighted by atomic mass is 32.2. The summed E-state index contributed by atoms with van der Waals surface area (Å²) in [5, 5.41) is 0. The summed E-state index contributed by atoms with van der Waals surface area (Å²) in [5.74, 6) is 0. The van der Waals surface area contributed by atoms with Crippen LogP contribution in [0.4, 0.5) is 0 Å². The second kappa shape index (κ2) is 6.22. The van der Waals surface area contributed by atoms with E-state index in [-0.39, 0.29) is 18.3 Å². The van der Waals surface area contributed by atoms with Crippen molar-refractivity contribution in [3.05, 3.63) is 29.8 Å². The Labute approximate surface area is 120 Å². The molecule has 1 heterocycles. The van der Waals surface area contributed by atoms with Crippen LogP contribution in [0.2, 0.25) is 0 Å². The van der Waals surface area contributed by atoms with E-state index in [9.17, 15) is 8.42 Å². The molecule has 6 heteroatoms. The van der Waals surface area contributed by atoms with E-state index in [2.05, 4.69) is 0 Å². The van der Waals surface area contributed by atoms with E-state index in [0.717, 1.165) is 12.0 Å². The summed E-state index contributed by atoms with van der Waals surface area (Å²) in [5.41, 5.74) is 0.610. The Bertz CT molecular complexity index is 529. The molecule has 0 N–H and O–H groups in total. The summed E-state index contributed by atoms with van der Waals surface area (Å²) in [4.78, 5) is 0.173. The molecule has 0 aliphatic carbocycles. The number of ether oxygens (including phenoxy) is 2. The number of benzene rings is 1. The molecule has 1 saturated heterocycles. The van der Waals surface area contributed by atoms with Crippen LogP contribution in [0.25, 0.3) is 0 Å². The SMILES string of the molecule is CCC1(COS(=O)(=O)c2ccc(C)cc2)COCOC1. The van der Waals surface area contributed by atoms with E-state index in [1.165, 1.54) is 0 Å². The molecule has 0 atom stereocenters. The van der Waals surface area contributed by atoms with Gasteiger partial charge >= 0.3 is 0 Å². The van der Waals surface area contributed by atoms with Gasteiger partial charge < -0.3 is 9.47 Å². The number of hydrogen-bond acceptors (Lipinski definition) is 5. The van der Waals surface area contributed by atoms with E-state index in [1.807, 2.05) is 13.8 Å². The van der Waals surface area contributed by atoms with Gasteiger partial charge in [0.1, 0.15) is 6.79 Å². The van der Waals surface area contributed by atoms with Crippen molar-refractivity contribution in [1.29, 1.82) is 0 Å². The van der Waals surface area contributed by atoms with Crippen LogP contribution < -0.4 is 0 Å². The Balaban J connectivity index is 2.06. The van der Waals surface area contributed by atoms with E-state index >= 15 is 0 Å². The van der Waals surface area contributed by atoms with Gasteiger partial charge in [0.05, 0.1) is 24.7 Å². The van der Waals surface area contributed by atoms with Gasteiger partial charge in [0.25, 0.3) is 10.1 Å². The van der Waals surface area contributed by atoms with Gasteiger partial charge in [-0.3, -0.25) is 4.18 Å². The van der Waals surface area contributed by atoms with Crippen molar-refractivity contribution in [2.45, 2.75) is 25.2 Å². The Morgan fingerprint density at radius 1 is 1.20 bits per heavy atom. The molecule has 0 spiro atoms. The maximum absolute atomic E-state index is 12.1. The van der Waals surface area contributed by atoms with Gasteiger partial charge in [0.2, 0.25) is 0 Å². The molecular formula is C14H20O5S. The first kappa shape index (κ1) is 15.4. The molecule has 1 aromatic carbocycles. The Morgan fingerprint density at radius 2 is 1.80 bits per heavy atom. The topological polar surface area (TPSA) is 61.8 Å². The fourth-order valence-corrected chi connectivity index (χ4v) is 2.99. The standard InChI is InChI=1S/C14H20O5S/c1-3-14(8-17-11-18-9-14)10-19-20(15,16)13-6-4-12(2)5-7-13/h4-7H,3,8-11H2,1-2H3. The van der Waals surface area contributed by atoms with Crippen molar-refractivity contribution in [1.82, 2.24) is 0 Å². The largest absolute Gasteiger partial charge is 0.355 e. The van der Waals surface area contributed by atoms with E-state index in [4.69, 9.17) is 13.7 Å². The lowest BCUT2D eigenvalue weighted by molar-refractivity contribution is -0.173. The van der Waals surface area contributed by atoms with Crippen LogP contribution in [0.5, 0.6) is 0 Å². The lowest BCUT2D eigenvalue weighted by atomic mass is 9.88. The number of rotatable bonds is 5. The predicted molar refractivity (Wildman–Crippen MR) is 73.8 cm³/mol. The lowest BCUT2D eigenvalue weighted by Crippen LogP contribution is -2.41. The molecule has 1 fully saturated rings. The molecular weight excluding hydrogens is 280 g/mol. The monoisotopic (exact) mass is 300 g/mol. The minimum atomic E-state index is -3.74. The molecule has 0 bridgehead atoms. The molecule has 112 valence electrons. The highest BCUT2D eigenvalue weighted by Gasteiger charge is 2.34. The minimum Gasteiger partial charge on any atom is -0.355 e. The third-order valence-electron chi connectivity index (χ3n) is 3.56. The molecule has 0 unspecified atom stereocenters. The molecule has 20 heavy (non-hydrogen) atoms. The zero-order valence-electron chi connectivity index (χ0n) is 11.8. The summed E-state index contributed by atoms with van der Waals surface area (Å²) in [6.45, 7) is 5.10. The normalized spacial score (nSPS) is 18.9. The van der Waals surface area contributed by atoms with Crippen molar-refractivity contribution < 1.29 is 22.1 Å². The zero-order chi connectivity index (χ0) is 14.6. The van der Waals surface area contributed by atoms with Crippen molar-refractivity contribution in [2.24, 2.45) is 5.41 Å². The van der Waals surface area contributed by atoms with Crippen LogP contribution in [0.3, 0.4) is 0 Å². The number of hydrogen-bond donors (Lipinski definition) is 0. The second-order valence-electron chi connectivity index (χ2n) is 5.20. The molecule has 5 nitrogen and oxygen atoms in total. The van der Waals surface area contributed by atoms with Crippen LogP contribution in [-0.4, -0.2) is 35.0 Å². The molecule has 0 radical (unpaired) electrons. The van der Waals surface area contributed by atoms with Crippen LogP contribution >= 0.6 is 0 Å². The highest BCUT2D eigenvalue weighted by Crippen LogP contribution is 2.28. The third-order valence-corrected chi connectivity index (χ3v) is 4.84. The van der Waals surface area contributed by atoms with Crippen LogP contribution in [0.1, 0.15) is 18.9 Å². The molecule has 1 aliphatic rings. The van der Waals surface area contributed by atoms with Gasteiger partial charge in [0.15, 0.2) is 0 Å². The van der Waals surface area contributed by atoms with Crippen molar-refractivity contribution in [3.63, 3.8) is 0 Å². The van der Waals surface area contributed by atoms with Crippen molar-refractivity contribution in [2.75, 3.05) is 26.6 Å². The van der Waals surface area contributed by atoms with Gasteiger partial charge in [-0.15, -0.1) is 0 Å². The minimum absolute atomic E-state index is 0.0692. The summed E-state index contributed by atoms with van der Waals surface area (Å²) < 4.78 is 40.0. The van der Waals surface area contributed by atoms with E-state index in [1.54, 1.807) is 24.3 Å². The average molecular weight is 300 g/mol. The number of aryl methyl sites for hydroxylation is 1. The second-order valence-corrected chi connectivity index (χ2v) is 6.81. The molecule has 1 aromatic rings. The maximum atomic E-state index is 12.1. The van der Waals surface area contributed by atoms with Crippen LogP contribution in [0.15, 0.2) is 29.2 Å². The van der Waals surface area contributed by atoms with Gasteiger partial charge in [-0.2, -0.15) is 8.42 Å². The van der Waals surface area contributed by atoms with Gasteiger partial charge in [0, 0.05) is 5.41 Å². The first-order valence-electron chi connectivity index (χ1n) is 6.59. The summed E-state index contributed by atoms with van der Waals surface area (Å²) in [6.07, 6.45) is 0.733. The van der Waals surface area contributed by atoms with Gasteiger partial charge in [-0.25, -0.2) is 0 Å². The third kappa shape index (κ3) is 3.58. The van der Waals surface area contributed by atoms with E-state index < -0.39 is 15.5 Å². The molecule has 0 amide bonds. The van der Waals surface area contributed by atoms with Crippen molar-refractivity contribution in [3.8, 4) is 0 Å². The molecule has 2 rings (SSSR count). The predicted octanol–water partition coefficient (Wildman–Crippen LogP) is 2.10. The van der Waals surface area contributed by atoms with Crippen LogP contribution in [-0.2, 0) is 23.8 Å². The van der Waals surface area contributed by atoms with Crippen molar-refractivity contribution >= 4 is 10.1 Å². The molecule has 1 aliphatic heterocycles. The average Bonchev–Trinajstić information content (AvgIpc) is 2.47. The van der Waals surface area contributed by atoms with E-state index in [0.29, 0.717) is 13.2 Å². The van der Waals surface area contributed by atoms with Gasteiger partial charge in [-0.1, -0.05) is 24.6 Å². The highest BCUT2D eigenvalue weighted by molar-refractivity contribution is 7.86. The molecule has 0 aromatic heterocycles. The summed E-state index contributed by atoms with van der Waals surface area (Å²) in [7, 11) is -3.74. The van der Waals surface area contributed by atoms with Gasteiger partial charge in [-0.05, 0) is 25.5 Å². The lowest BCUT2D eigenvalue weighted by Gasteiger charge is -2.35. The fourth-order valence-electron chi connectivity index (χ4n) is 1.98. The smallest absolute Gasteiger partial charge is 0.296 e. The Hall–Kier alpha value is -0.950. The maximum Gasteiger partial charge on any atom is 0.296 e. The zero-order valence-corrected chi connectivity index (χ0v) is 12.6. The summed E-state index contributed by atoms with van der Waals surface area (Å²) >= 11 is 0.